The molecule has 2 heteroatoms. The number of hydrogen-bond donors (Lipinski definition) is 1. The third-order valence-electron chi connectivity index (χ3n) is 2.79. The maximum atomic E-state index is 5.99. The number of furan rings is 1. The molecule has 2 N–H and O–H groups in total. The molecule has 0 radical (unpaired) electrons. The first kappa shape index (κ1) is 8.82. The van der Waals surface area contributed by atoms with E-state index in [0.717, 1.165) is 30.8 Å². The number of hydrogen-bond acceptors (Lipinski definition) is 2. The summed E-state index contributed by atoms with van der Waals surface area (Å²) < 4.78 is 5.48. The van der Waals surface area contributed by atoms with E-state index < -0.39 is 0 Å². The lowest BCUT2D eigenvalue weighted by atomic mass is 10.1. The summed E-state index contributed by atoms with van der Waals surface area (Å²) in [4.78, 5) is 0. The highest BCUT2D eigenvalue weighted by Gasteiger charge is 2.36. The normalized spacial score (nSPS) is 18.9. The Bertz CT molecular complexity index is 286. The van der Waals surface area contributed by atoms with Crippen molar-refractivity contribution in [3.8, 4) is 0 Å². The van der Waals surface area contributed by atoms with E-state index in [2.05, 4.69) is 6.07 Å². The fourth-order valence-corrected chi connectivity index (χ4v) is 1.64. The van der Waals surface area contributed by atoms with Crippen LogP contribution in [0.5, 0.6) is 0 Å². The summed E-state index contributed by atoms with van der Waals surface area (Å²) in [5.74, 6) is 2.10. The minimum atomic E-state index is 0.196. The lowest BCUT2D eigenvalue weighted by Gasteiger charge is -2.05. The number of nitrogens with two attached hydrogens (primary N) is 1. The van der Waals surface area contributed by atoms with Gasteiger partial charge in [-0.25, -0.2) is 0 Å². The van der Waals surface area contributed by atoms with Crippen LogP contribution in [0, 0.1) is 6.92 Å². The monoisotopic (exact) mass is 179 g/mol. The molecule has 2 nitrogen and oxygen atoms in total. The lowest BCUT2D eigenvalue weighted by Crippen LogP contribution is -2.21. The zero-order chi connectivity index (χ0) is 9.31. The topological polar surface area (TPSA) is 39.2 Å². The summed E-state index contributed by atoms with van der Waals surface area (Å²) in [7, 11) is 0. The van der Waals surface area contributed by atoms with Crippen LogP contribution in [0.4, 0.5) is 0 Å². The van der Waals surface area contributed by atoms with E-state index in [1.807, 2.05) is 13.0 Å². The predicted octanol–water partition coefficient (Wildman–Crippen LogP) is 2.40. The molecule has 72 valence electrons. The van der Waals surface area contributed by atoms with Crippen molar-refractivity contribution in [2.45, 2.75) is 44.6 Å². The SMILES string of the molecule is Cc1ccc(CCCC2(N)CC2)o1. The zero-order valence-electron chi connectivity index (χ0n) is 8.18. The largest absolute Gasteiger partial charge is 0.466 e. The van der Waals surface area contributed by atoms with Gasteiger partial charge in [0.15, 0.2) is 0 Å². The maximum absolute atomic E-state index is 5.99. The van der Waals surface area contributed by atoms with Gasteiger partial charge in [0.1, 0.15) is 11.5 Å². The predicted molar refractivity (Wildman–Crippen MR) is 52.5 cm³/mol. The van der Waals surface area contributed by atoms with Crippen molar-refractivity contribution >= 4 is 0 Å². The molecule has 1 aliphatic carbocycles. The van der Waals surface area contributed by atoms with Gasteiger partial charge in [-0.1, -0.05) is 0 Å². The van der Waals surface area contributed by atoms with Gasteiger partial charge in [0, 0.05) is 12.0 Å². The first-order chi connectivity index (χ1) is 6.18. The first-order valence-corrected chi connectivity index (χ1v) is 5.02. The second-order valence-electron chi connectivity index (χ2n) is 4.23. The van der Waals surface area contributed by atoms with E-state index in [9.17, 15) is 0 Å². The van der Waals surface area contributed by atoms with Crippen molar-refractivity contribution in [2.75, 3.05) is 0 Å². The molecule has 0 amide bonds. The highest BCUT2D eigenvalue weighted by molar-refractivity contribution is 5.06. The minimum absolute atomic E-state index is 0.196. The quantitative estimate of drug-likeness (QED) is 0.770. The Balaban J connectivity index is 1.73. The molecule has 13 heavy (non-hydrogen) atoms. The van der Waals surface area contributed by atoms with Gasteiger partial charge in [0.2, 0.25) is 0 Å². The summed E-state index contributed by atoms with van der Waals surface area (Å²) in [5.41, 5.74) is 6.18. The molecule has 0 atom stereocenters. The third kappa shape index (κ3) is 2.34. The molecule has 1 fully saturated rings. The van der Waals surface area contributed by atoms with E-state index in [0.29, 0.717) is 0 Å². The van der Waals surface area contributed by atoms with Crippen LogP contribution in [-0.4, -0.2) is 5.54 Å². The second-order valence-corrected chi connectivity index (χ2v) is 4.23. The standard InChI is InChI=1S/C11H17NO/c1-9-4-5-10(13-9)3-2-6-11(12)7-8-11/h4-5H,2-3,6-8,12H2,1H3. The highest BCUT2D eigenvalue weighted by Crippen LogP contribution is 2.36. The van der Waals surface area contributed by atoms with Gasteiger partial charge >= 0.3 is 0 Å². The van der Waals surface area contributed by atoms with Crippen molar-refractivity contribution in [1.82, 2.24) is 0 Å². The third-order valence-corrected chi connectivity index (χ3v) is 2.79. The van der Waals surface area contributed by atoms with Crippen molar-refractivity contribution in [2.24, 2.45) is 5.73 Å². The van der Waals surface area contributed by atoms with Crippen LogP contribution in [-0.2, 0) is 6.42 Å². The van der Waals surface area contributed by atoms with E-state index in [-0.39, 0.29) is 5.54 Å². The molecule has 1 aromatic heterocycles. The van der Waals surface area contributed by atoms with Crippen LogP contribution >= 0.6 is 0 Å². The van der Waals surface area contributed by atoms with Gasteiger partial charge in [-0.3, -0.25) is 0 Å². The minimum Gasteiger partial charge on any atom is -0.466 e. The van der Waals surface area contributed by atoms with E-state index in [1.165, 1.54) is 12.8 Å². The fraction of sp³-hybridized carbons (Fsp3) is 0.636. The van der Waals surface area contributed by atoms with Crippen LogP contribution in [0.15, 0.2) is 16.5 Å². The average molecular weight is 179 g/mol. The molecule has 1 aromatic rings. The van der Waals surface area contributed by atoms with Gasteiger partial charge in [0.05, 0.1) is 0 Å². The summed E-state index contributed by atoms with van der Waals surface area (Å²) >= 11 is 0. The molecule has 0 bridgehead atoms. The van der Waals surface area contributed by atoms with Gasteiger partial charge in [0.25, 0.3) is 0 Å². The van der Waals surface area contributed by atoms with Gasteiger partial charge < -0.3 is 10.2 Å². The molecule has 1 saturated carbocycles. The Hall–Kier alpha value is -0.760. The number of rotatable bonds is 4. The molecule has 1 aliphatic rings. The Labute approximate surface area is 79.1 Å². The molecule has 0 aromatic carbocycles. The maximum Gasteiger partial charge on any atom is 0.104 e. The van der Waals surface area contributed by atoms with Crippen molar-refractivity contribution in [3.05, 3.63) is 23.7 Å². The summed E-state index contributed by atoms with van der Waals surface area (Å²) in [6.07, 6.45) is 5.76. The molecule has 0 aliphatic heterocycles. The Morgan fingerprint density at radius 2 is 2.23 bits per heavy atom. The zero-order valence-corrected chi connectivity index (χ0v) is 8.18. The fourth-order valence-electron chi connectivity index (χ4n) is 1.64. The summed E-state index contributed by atoms with van der Waals surface area (Å²) in [6, 6.07) is 4.08. The summed E-state index contributed by atoms with van der Waals surface area (Å²) in [5, 5.41) is 0. The van der Waals surface area contributed by atoms with Crippen LogP contribution in [0.2, 0.25) is 0 Å². The molecule has 0 saturated heterocycles. The average Bonchev–Trinajstić information content (AvgIpc) is 2.65. The Morgan fingerprint density at radius 1 is 1.46 bits per heavy atom. The molecule has 0 spiro atoms. The first-order valence-electron chi connectivity index (χ1n) is 5.02. The second kappa shape index (κ2) is 3.18. The van der Waals surface area contributed by atoms with E-state index in [1.54, 1.807) is 0 Å². The molecule has 2 rings (SSSR count). The van der Waals surface area contributed by atoms with Gasteiger partial charge in [-0.05, 0) is 44.7 Å². The van der Waals surface area contributed by atoms with E-state index in [4.69, 9.17) is 10.2 Å². The van der Waals surface area contributed by atoms with Crippen molar-refractivity contribution < 1.29 is 4.42 Å². The highest BCUT2D eigenvalue weighted by atomic mass is 16.3. The Kier molecular flexibility index (Phi) is 2.16. The van der Waals surface area contributed by atoms with E-state index >= 15 is 0 Å². The van der Waals surface area contributed by atoms with Crippen LogP contribution in [0.25, 0.3) is 0 Å². The smallest absolute Gasteiger partial charge is 0.104 e. The molecular formula is C11H17NO. The van der Waals surface area contributed by atoms with Crippen molar-refractivity contribution in [3.63, 3.8) is 0 Å². The van der Waals surface area contributed by atoms with Gasteiger partial charge in [-0.15, -0.1) is 0 Å². The molecule has 1 heterocycles. The van der Waals surface area contributed by atoms with Crippen LogP contribution in [0.3, 0.4) is 0 Å². The summed E-state index contributed by atoms with van der Waals surface area (Å²) in [6.45, 7) is 1.98. The number of aryl methyl sites for hydroxylation is 2. The van der Waals surface area contributed by atoms with Crippen LogP contribution < -0.4 is 5.73 Å². The Morgan fingerprint density at radius 3 is 2.77 bits per heavy atom. The van der Waals surface area contributed by atoms with Crippen molar-refractivity contribution in [1.29, 1.82) is 0 Å². The molecule has 0 unspecified atom stereocenters. The lowest BCUT2D eigenvalue weighted by molar-refractivity contribution is 0.464. The van der Waals surface area contributed by atoms with Gasteiger partial charge in [-0.2, -0.15) is 0 Å². The van der Waals surface area contributed by atoms with Crippen LogP contribution in [0.1, 0.15) is 37.2 Å². The molecular weight excluding hydrogens is 162 g/mol.